The third-order valence-electron chi connectivity index (χ3n) is 3.36. The minimum atomic E-state index is -0.492. The number of rotatable bonds is 1. The SMILES string of the molecule is O=c1nc2c(F)cccc2c(C2CCOCC2)[nH]1. The van der Waals surface area contributed by atoms with Gasteiger partial charge in [0.2, 0.25) is 0 Å². The van der Waals surface area contributed by atoms with Crippen molar-refractivity contribution in [3.8, 4) is 0 Å². The van der Waals surface area contributed by atoms with Crippen LogP contribution in [-0.4, -0.2) is 23.2 Å². The highest BCUT2D eigenvalue weighted by Crippen LogP contribution is 2.29. The molecular weight excluding hydrogens is 235 g/mol. The standard InChI is InChI=1S/C13H13FN2O2/c14-10-3-1-2-9-11(8-4-6-18-7-5-8)15-13(17)16-12(9)10/h1-3,8H,4-7H2,(H,15,16,17). The van der Waals surface area contributed by atoms with Crippen LogP contribution >= 0.6 is 0 Å². The van der Waals surface area contributed by atoms with Crippen molar-refractivity contribution in [2.75, 3.05) is 13.2 Å². The summed E-state index contributed by atoms with van der Waals surface area (Å²) in [7, 11) is 0. The van der Waals surface area contributed by atoms with E-state index in [2.05, 4.69) is 9.97 Å². The van der Waals surface area contributed by atoms with Gasteiger partial charge in [0, 0.05) is 30.2 Å². The normalized spacial score (nSPS) is 17.2. The molecule has 0 unspecified atom stereocenters. The Hall–Kier alpha value is -1.75. The molecule has 1 fully saturated rings. The van der Waals surface area contributed by atoms with Crippen molar-refractivity contribution >= 4 is 10.9 Å². The number of benzene rings is 1. The number of fused-ring (bicyclic) bond motifs is 1. The third-order valence-corrected chi connectivity index (χ3v) is 3.36. The first-order chi connectivity index (χ1) is 8.75. The summed E-state index contributed by atoms with van der Waals surface area (Å²) in [6, 6.07) is 4.76. The summed E-state index contributed by atoms with van der Waals surface area (Å²) in [6.07, 6.45) is 1.68. The Kier molecular flexibility index (Phi) is 2.83. The van der Waals surface area contributed by atoms with Gasteiger partial charge in [0.05, 0.1) is 0 Å². The second kappa shape index (κ2) is 4.49. The van der Waals surface area contributed by atoms with Gasteiger partial charge in [0.15, 0.2) is 0 Å². The van der Waals surface area contributed by atoms with Crippen LogP contribution in [0.1, 0.15) is 24.5 Å². The molecule has 0 radical (unpaired) electrons. The van der Waals surface area contributed by atoms with Crippen molar-refractivity contribution in [1.82, 2.24) is 9.97 Å². The van der Waals surface area contributed by atoms with E-state index in [9.17, 15) is 9.18 Å². The van der Waals surface area contributed by atoms with Crippen LogP contribution in [0.4, 0.5) is 4.39 Å². The average Bonchev–Trinajstić information content (AvgIpc) is 2.40. The molecule has 94 valence electrons. The zero-order chi connectivity index (χ0) is 12.5. The third kappa shape index (κ3) is 1.90. The Morgan fingerprint density at radius 3 is 2.89 bits per heavy atom. The molecule has 1 aliphatic rings. The topological polar surface area (TPSA) is 55.0 Å². The van der Waals surface area contributed by atoms with Gasteiger partial charge in [-0.25, -0.2) is 9.18 Å². The van der Waals surface area contributed by atoms with Crippen molar-refractivity contribution in [3.63, 3.8) is 0 Å². The second-order valence-electron chi connectivity index (χ2n) is 4.48. The molecule has 0 saturated carbocycles. The first-order valence-corrected chi connectivity index (χ1v) is 6.02. The van der Waals surface area contributed by atoms with Crippen molar-refractivity contribution in [2.45, 2.75) is 18.8 Å². The molecule has 4 nitrogen and oxygen atoms in total. The first-order valence-electron chi connectivity index (χ1n) is 6.02. The van der Waals surface area contributed by atoms with Crippen molar-refractivity contribution in [3.05, 3.63) is 40.2 Å². The molecule has 1 N–H and O–H groups in total. The minimum Gasteiger partial charge on any atom is -0.381 e. The van der Waals surface area contributed by atoms with Gasteiger partial charge in [-0.15, -0.1) is 0 Å². The quantitative estimate of drug-likeness (QED) is 0.839. The van der Waals surface area contributed by atoms with E-state index in [1.165, 1.54) is 6.07 Å². The number of para-hydroxylation sites is 1. The Morgan fingerprint density at radius 2 is 2.11 bits per heavy atom. The maximum absolute atomic E-state index is 13.7. The van der Waals surface area contributed by atoms with Gasteiger partial charge >= 0.3 is 5.69 Å². The monoisotopic (exact) mass is 248 g/mol. The van der Waals surface area contributed by atoms with E-state index in [1.54, 1.807) is 12.1 Å². The molecule has 0 amide bonds. The van der Waals surface area contributed by atoms with Crippen LogP contribution in [0.3, 0.4) is 0 Å². The molecule has 3 rings (SSSR count). The molecule has 1 saturated heterocycles. The molecule has 0 aliphatic carbocycles. The van der Waals surface area contributed by atoms with Crippen LogP contribution in [0.2, 0.25) is 0 Å². The molecule has 0 atom stereocenters. The van der Waals surface area contributed by atoms with E-state index in [-0.39, 0.29) is 11.4 Å². The van der Waals surface area contributed by atoms with Crippen LogP contribution < -0.4 is 5.69 Å². The Morgan fingerprint density at radius 1 is 1.33 bits per heavy atom. The van der Waals surface area contributed by atoms with Crippen molar-refractivity contribution in [2.24, 2.45) is 0 Å². The smallest absolute Gasteiger partial charge is 0.345 e. The fraction of sp³-hybridized carbons (Fsp3) is 0.385. The molecule has 2 aromatic rings. The predicted octanol–water partition coefficient (Wildman–Crippen LogP) is 1.96. The molecule has 1 aromatic carbocycles. The second-order valence-corrected chi connectivity index (χ2v) is 4.48. The Bertz CT molecular complexity index is 632. The Labute approximate surface area is 103 Å². The van der Waals surface area contributed by atoms with Crippen LogP contribution in [0.15, 0.2) is 23.0 Å². The number of nitrogens with one attached hydrogen (secondary N) is 1. The van der Waals surface area contributed by atoms with Crippen molar-refractivity contribution < 1.29 is 9.13 Å². The molecule has 0 bridgehead atoms. The number of hydrogen-bond acceptors (Lipinski definition) is 3. The Balaban J connectivity index is 2.21. The first kappa shape index (κ1) is 11.3. The highest BCUT2D eigenvalue weighted by molar-refractivity contribution is 5.81. The van der Waals surface area contributed by atoms with Crippen LogP contribution in [0.5, 0.6) is 0 Å². The zero-order valence-corrected chi connectivity index (χ0v) is 9.78. The fourth-order valence-corrected chi connectivity index (χ4v) is 2.47. The van der Waals surface area contributed by atoms with Gasteiger partial charge in [-0.2, -0.15) is 4.98 Å². The molecule has 1 aromatic heterocycles. The number of hydrogen-bond donors (Lipinski definition) is 1. The number of aromatic amines is 1. The molecule has 5 heteroatoms. The molecule has 0 spiro atoms. The lowest BCUT2D eigenvalue weighted by atomic mass is 9.93. The lowest BCUT2D eigenvalue weighted by Gasteiger charge is -2.22. The number of ether oxygens (including phenoxy) is 1. The zero-order valence-electron chi connectivity index (χ0n) is 9.78. The average molecular weight is 248 g/mol. The molecule has 1 aliphatic heterocycles. The van der Waals surface area contributed by atoms with E-state index in [0.717, 1.165) is 18.5 Å². The van der Waals surface area contributed by atoms with Crippen molar-refractivity contribution in [1.29, 1.82) is 0 Å². The fourth-order valence-electron chi connectivity index (χ4n) is 2.47. The van der Waals surface area contributed by atoms with E-state index in [1.807, 2.05) is 0 Å². The number of aromatic nitrogens is 2. The summed E-state index contributed by atoms with van der Waals surface area (Å²) >= 11 is 0. The highest BCUT2D eigenvalue weighted by Gasteiger charge is 2.20. The van der Waals surface area contributed by atoms with E-state index in [4.69, 9.17) is 4.74 Å². The van der Waals surface area contributed by atoms with Gasteiger partial charge in [-0.05, 0) is 18.9 Å². The largest absolute Gasteiger partial charge is 0.381 e. The maximum atomic E-state index is 13.7. The molecule has 2 heterocycles. The summed E-state index contributed by atoms with van der Waals surface area (Å²) in [5, 5.41) is 0.696. The highest BCUT2D eigenvalue weighted by atomic mass is 19.1. The van der Waals surface area contributed by atoms with Crippen LogP contribution in [0.25, 0.3) is 10.9 Å². The van der Waals surface area contributed by atoms with E-state index in [0.29, 0.717) is 18.6 Å². The summed E-state index contributed by atoms with van der Waals surface area (Å²) in [4.78, 5) is 18.0. The summed E-state index contributed by atoms with van der Waals surface area (Å²) in [5.74, 6) is -0.245. The maximum Gasteiger partial charge on any atom is 0.345 e. The summed E-state index contributed by atoms with van der Waals surface area (Å²) in [6.45, 7) is 1.34. The van der Waals surface area contributed by atoms with Crippen LogP contribution in [-0.2, 0) is 4.74 Å². The van der Waals surface area contributed by atoms with Gasteiger partial charge < -0.3 is 9.72 Å². The number of halogens is 1. The molecule has 18 heavy (non-hydrogen) atoms. The number of H-pyrrole nitrogens is 1. The lowest BCUT2D eigenvalue weighted by molar-refractivity contribution is 0.0847. The molecular formula is C13H13FN2O2. The summed E-state index contributed by atoms with van der Waals surface area (Å²) in [5.41, 5.74) is 0.449. The lowest BCUT2D eigenvalue weighted by Crippen LogP contribution is -2.20. The summed E-state index contributed by atoms with van der Waals surface area (Å²) < 4.78 is 19.0. The van der Waals surface area contributed by atoms with Gasteiger partial charge in [-0.3, -0.25) is 0 Å². The minimum absolute atomic E-state index is 0.155. The van der Waals surface area contributed by atoms with Crippen LogP contribution in [0, 0.1) is 5.82 Å². The van der Waals surface area contributed by atoms with Gasteiger partial charge in [0.1, 0.15) is 11.3 Å². The van der Waals surface area contributed by atoms with E-state index >= 15 is 0 Å². The number of nitrogens with zero attached hydrogens (tertiary/aromatic N) is 1. The van der Waals surface area contributed by atoms with Gasteiger partial charge in [-0.1, -0.05) is 12.1 Å². The van der Waals surface area contributed by atoms with E-state index < -0.39 is 11.5 Å². The van der Waals surface area contributed by atoms with Gasteiger partial charge in [0.25, 0.3) is 0 Å². The predicted molar refractivity (Wildman–Crippen MR) is 65.1 cm³/mol.